The molecule has 1 rings (SSSR count). The number of hydrogen-bond donors (Lipinski definition) is 2. The second-order valence-corrected chi connectivity index (χ2v) is 3.61. The summed E-state index contributed by atoms with van der Waals surface area (Å²) in [4.78, 5) is 11.4. The molecule has 6 heteroatoms. The molecule has 0 fully saturated rings. The Kier molecular flexibility index (Phi) is 4.11. The average Bonchev–Trinajstić information content (AvgIpc) is 2.25. The van der Waals surface area contributed by atoms with E-state index in [4.69, 9.17) is 16.7 Å². The van der Waals surface area contributed by atoms with E-state index in [0.29, 0.717) is 5.69 Å². The van der Waals surface area contributed by atoms with Crippen LogP contribution in [0.4, 0.5) is 5.69 Å². The fourth-order valence-corrected chi connectivity index (χ4v) is 1.33. The number of nitrogens with one attached hydrogen (secondary N) is 1. The largest absolute Gasteiger partial charge is 0.394 e. The lowest BCUT2D eigenvalue weighted by Gasteiger charge is -2.15. The summed E-state index contributed by atoms with van der Waals surface area (Å²) < 4.78 is 1.16. The Labute approximate surface area is 92.7 Å². The van der Waals surface area contributed by atoms with Gasteiger partial charge in [0.25, 0.3) is 5.56 Å². The van der Waals surface area contributed by atoms with Gasteiger partial charge in [0.1, 0.15) is 5.02 Å². The maximum atomic E-state index is 11.4. The fraction of sp³-hybridized carbons (Fsp3) is 0.556. The van der Waals surface area contributed by atoms with E-state index in [-0.39, 0.29) is 23.2 Å². The average molecular weight is 232 g/mol. The first-order chi connectivity index (χ1) is 7.10. The number of nitrogens with zero attached hydrogens (tertiary/aromatic N) is 2. The second-order valence-electron chi connectivity index (χ2n) is 3.23. The molecule has 2 N–H and O–H groups in total. The van der Waals surface area contributed by atoms with Crippen molar-refractivity contribution in [1.29, 1.82) is 0 Å². The van der Waals surface area contributed by atoms with E-state index in [1.54, 1.807) is 0 Å². The van der Waals surface area contributed by atoms with Gasteiger partial charge in [0.15, 0.2) is 0 Å². The highest BCUT2D eigenvalue weighted by Gasteiger charge is 2.10. The van der Waals surface area contributed by atoms with Gasteiger partial charge in [0.2, 0.25) is 0 Å². The van der Waals surface area contributed by atoms with Crippen LogP contribution in [0.25, 0.3) is 0 Å². The first kappa shape index (κ1) is 12.0. The van der Waals surface area contributed by atoms with Gasteiger partial charge in [-0.25, -0.2) is 4.68 Å². The van der Waals surface area contributed by atoms with Gasteiger partial charge in [-0.3, -0.25) is 4.79 Å². The first-order valence-corrected chi connectivity index (χ1v) is 5.07. The third kappa shape index (κ3) is 2.70. The van der Waals surface area contributed by atoms with E-state index in [0.717, 1.165) is 11.1 Å². The van der Waals surface area contributed by atoms with E-state index in [2.05, 4.69) is 10.4 Å². The SMILES string of the molecule is CCC(CO)Nc1cnn(C)c(=O)c1Cl. The van der Waals surface area contributed by atoms with E-state index in [1.807, 2.05) is 6.92 Å². The fourth-order valence-electron chi connectivity index (χ4n) is 1.11. The molecule has 5 nitrogen and oxygen atoms in total. The Bertz CT molecular complexity index is 387. The number of aryl methyl sites for hydroxylation is 1. The van der Waals surface area contributed by atoms with Gasteiger partial charge >= 0.3 is 0 Å². The number of aliphatic hydroxyl groups is 1. The van der Waals surface area contributed by atoms with Crippen molar-refractivity contribution >= 4 is 17.3 Å². The zero-order chi connectivity index (χ0) is 11.4. The van der Waals surface area contributed by atoms with Crippen LogP contribution in [-0.2, 0) is 7.05 Å². The highest BCUT2D eigenvalue weighted by molar-refractivity contribution is 6.32. The van der Waals surface area contributed by atoms with Crippen molar-refractivity contribution in [3.63, 3.8) is 0 Å². The van der Waals surface area contributed by atoms with Crippen LogP contribution in [0.15, 0.2) is 11.0 Å². The lowest BCUT2D eigenvalue weighted by atomic mass is 10.2. The molecule has 1 atom stereocenters. The number of hydrogen-bond acceptors (Lipinski definition) is 4. The molecule has 0 bridgehead atoms. The topological polar surface area (TPSA) is 67.2 Å². The predicted octanol–water partition coefficient (Wildman–Crippen LogP) is 0.616. The van der Waals surface area contributed by atoms with Crippen molar-refractivity contribution in [2.24, 2.45) is 7.05 Å². The van der Waals surface area contributed by atoms with E-state index >= 15 is 0 Å². The molecule has 0 spiro atoms. The molecule has 0 radical (unpaired) electrons. The Morgan fingerprint density at radius 2 is 2.40 bits per heavy atom. The minimum Gasteiger partial charge on any atom is -0.394 e. The van der Waals surface area contributed by atoms with Crippen molar-refractivity contribution in [2.45, 2.75) is 19.4 Å². The Morgan fingerprint density at radius 3 is 2.93 bits per heavy atom. The van der Waals surface area contributed by atoms with Crippen molar-refractivity contribution in [1.82, 2.24) is 9.78 Å². The van der Waals surface area contributed by atoms with Crippen molar-refractivity contribution in [2.75, 3.05) is 11.9 Å². The Balaban J connectivity index is 2.96. The molecule has 1 aromatic heterocycles. The summed E-state index contributed by atoms with van der Waals surface area (Å²) in [7, 11) is 1.53. The van der Waals surface area contributed by atoms with Gasteiger partial charge in [-0.15, -0.1) is 0 Å². The molecule has 0 saturated carbocycles. The van der Waals surface area contributed by atoms with Crippen LogP contribution in [0.2, 0.25) is 5.02 Å². The number of anilines is 1. The molecule has 0 aliphatic carbocycles. The van der Waals surface area contributed by atoms with Gasteiger partial charge in [-0.05, 0) is 6.42 Å². The summed E-state index contributed by atoms with van der Waals surface area (Å²) in [6.45, 7) is 1.91. The molecule has 0 amide bonds. The summed E-state index contributed by atoms with van der Waals surface area (Å²) in [6, 6.07) is -0.114. The van der Waals surface area contributed by atoms with Gasteiger partial charge in [0, 0.05) is 13.1 Å². The summed E-state index contributed by atoms with van der Waals surface area (Å²) >= 11 is 5.84. The van der Waals surface area contributed by atoms with Gasteiger partial charge in [-0.1, -0.05) is 18.5 Å². The zero-order valence-electron chi connectivity index (χ0n) is 8.70. The van der Waals surface area contributed by atoms with E-state index in [9.17, 15) is 4.79 Å². The van der Waals surface area contributed by atoms with Crippen molar-refractivity contribution in [3.8, 4) is 0 Å². The monoisotopic (exact) mass is 231 g/mol. The predicted molar refractivity (Wildman–Crippen MR) is 59.3 cm³/mol. The molecule has 0 aliphatic heterocycles. The first-order valence-electron chi connectivity index (χ1n) is 4.69. The molecule has 0 aromatic carbocycles. The quantitative estimate of drug-likeness (QED) is 0.797. The number of aromatic nitrogens is 2. The minimum atomic E-state index is -0.352. The maximum absolute atomic E-state index is 11.4. The van der Waals surface area contributed by atoms with Crippen LogP contribution < -0.4 is 10.9 Å². The Morgan fingerprint density at radius 1 is 1.73 bits per heavy atom. The van der Waals surface area contributed by atoms with Crippen LogP contribution in [0, 0.1) is 0 Å². The molecular formula is C9H14ClN3O2. The van der Waals surface area contributed by atoms with Crippen molar-refractivity contribution < 1.29 is 5.11 Å². The second kappa shape index (κ2) is 5.14. The van der Waals surface area contributed by atoms with Crippen molar-refractivity contribution in [3.05, 3.63) is 21.6 Å². The molecule has 0 aliphatic rings. The van der Waals surface area contributed by atoms with Gasteiger partial charge < -0.3 is 10.4 Å². The number of rotatable bonds is 4. The molecular weight excluding hydrogens is 218 g/mol. The van der Waals surface area contributed by atoms with Gasteiger partial charge in [-0.2, -0.15) is 5.10 Å². The summed E-state index contributed by atoms with van der Waals surface area (Å²) in [6.07, 6.45) is 2.21. The molecule has 15 heavy (non-hydrogen) atoms. The van der Waals surface area contributed by atoms with E-state index in [1.165, 1.54) is 13.2 Å². The van der Waals surface area contributed by atoms with Crippen LogP contribution >= 0.6 is 11.6 Å². The zero-order valence-corrected chi connectivity index (χ0v) is 9.45. The molecule has 0 saturated heterocycles. The number of aliphatic hydroxyl groups excluding tert-OH is 1. The van der Waals surface area contributed by atoms with Gasteiger partial charge in [0.05, 0.1) is 18.5 Å². The molecule has 84 valence electrons. The summed E-state index contributed by atoms with van der Waals surface area (Å²) in [5.74, 6) is 0. The molecule has 1 unspecified atom stereocenters. The third-order valence-electron chi connectivity index (χ3n) is 2.15. The highest BCUT2D eigenvalue weighted by atomic mass is 35.5. The lowest BCUT2D eigenvalue weighted by Crippen LogP contribution is -2.26. The minimum absolute atomic E-state index is 0.0119. The maximum Gasteiger partial charge on any atom is 0.287 e. The normalized spacial score (nSPS) is 12.5. The smallest absolute Gasteiger partial charge is 0.287 e. The summed E-state index contributed by atoms with van der Waals surface area (Å²) in [5, 5.41) is 15.9. The molecule has 1 aromatic rings. The molecule has 1 heterocycles. The van der Waals surface area contributed by atoms with Crippen LogP contribution in [0.5, 0.6) is 0 Å². The van der Waals surface area contributed by atoms with E-state index < -0.39 is 0 Å². The summed E-state index contributed by atoms with van der Waals surface area (Å²) in [5.41, 5.74) is 0.107. The highest BCUT2D eigenvalue weighted by Crippen LogP contribution is 2.16. The van der Waals surface area contributed by atoms with Crippen LogP contribution in [-0.4, -0.2) is 27.5 Å². The Hall–Kier alpha value is -1.07. The lowest BCUT2D eigenvalue weighted by molar-refractivity contribution is 0.272. The standard InChI is InChI=1S/C9H14ClN3O2/c1-3-6(5-14)12-7-4-11-13(2)9(15)8(7)10/h4,6,12,14H,3,5H2,1-2H3. The van der Waals surface area contributed by atoms with Crippen LogP contribution in [0.3, 0.4) is 0 Å². The number of halogens is 1. The van der Waals surface area contributed by atoms with Crippen LogP contribution in [0.1, 0.15) is 13.3 Å². The third-order valence-corrected chi connectivity index (χ3v) is 2.52.